The van der Waals surface area contributed by atoms with Gasteiger partial charge in [0, 0.05) is 74.8 Å². The van der Waals surface area contributed by atoms with E-state index in [-0.39, 0.29) is 76.1 Å². The Kier molecular flexibility index (Phi) is 26.8. The average molecular weight is 1490 g/mol. The third kappa shape index (κ3) is 19.5. The molecule has 0 radical (unpaired) electrons. The number of amides is 11. The molecule has 33 heteroatoms. The second-order valence-corrected chi connectivity index (χ2v) is 28.4. The quantitative estimate of drug-likeness (QED) is 0.151. The van der Waals surface area contributed by atoms with Crippen molar-refractivity contribution < 1.29 is 103 Å². The Morgan fingerprint density at radius 1 is 0.676 bits per heavy atom. The van der Waals surface area contributed by atoms with Crippen LogP contribution in [0.15, 0.2) is 61.2 Å². The van der Waals surface area contributed by atoms with Crippen molar-refractivity contribution in [2.45, 2.75) is 195 Å². The summed E-state index contributed by atoms with van der Waals surface area (Å²) in [6.07, 6.45) is -5.85. The van der Waals surface area contributed by atoms with Crippen LogP contribution < -0.4 is 16.0 Å². The average Bonchev–Trinajstić information content (AvgIpc) is 1.71. The van der Waals surface area contributed by atoms with Gasteiger partial charge in [0.1, 0.15) is 71.1 Å². The Morgan fingerprint density at radius 3 is 1.89 bits per heavy atom. The first kappa shape index (κ1) is 81.6. The zero-order valence-electron chi connectivity index (χ0n) is 59.9. The highest BCUT2D eigenvalue weighted by atomic mass is 19.4. The third-order valence-corrected chi connectivity index (χ3v) is 21.1. The van der Waals surface area contributed by atoms with Crippen LogP contribution in [0.2, 0.25) is 0 Å². The van der Waals surface area contributed by atoms with Crippen LogP contribution in [0.5, 0.6) is 0 Å². The third-order valence-electron chi connectivity index (χ3n) is 21.1. The molecule has 3 saturated carbocycles. The van der Waals surface area contributed by atoms with E-state index in [2.05, 4.69) is 22.5 Å². The number of alkyl halides is 6. The highest BCUT2D eigenvalue weighted by Gasteiger charge is 2.54. The number of halogens is 8. The molecule has 11 amide bonds. The van der Waals surface area contributed by atoms with Crippen LogP contribution >= 0.6 is 0 Å². The van der Waals surface area contributed by atoms with Gasteiger partial charge in [-0.05, 0) is 125 Å². The lowest BCUT2D eigenvalue weighted by Gasteiger charge is -2.46. The van der Waals surface area contributed by atoms with E-state index in [0.29, 0.717) is 57.1 Å². The van der Waals surface area contributed by atoms with E-state index in [1.165, 1.54) is 41.3 Å². The number of carbonyl (C=O) groups is 12. The first-order valence-electron chi connectivity index (χ1n) is 35.3. The number of benzene rings is 2. The first-order chi connectivity index (χ1) is 49.4. The highest BCUT2D eigenvalue weighted by Crippen LogP contribution is 2.40. The van der Waals surface area contributed by atoms with Gasteiger partial charge in [-0.1, -0.05) is 56.0 Å². The summed E-state index contributed by atoms with van der Waals surface area (Å²) in [5, 5.41) is 18.9. The van der Waals surface area contributed by atoms with E-state index in [9.17, 15) is 60.2 Å². The van der Waals surface area contributed by atoms with E-state index < -0.39 is 216 Å². The molecule has 3 aliphatic carbocycles. The zero-order chi connectivity index (χ0) is 77.3. The van der Waals surface area contributed by atoms with Gasteiger partial charge in [-0.2, -0.15) is 26.3 Å². The summed E-state index contributed by atoms with van der Waals surface area (Å²) in [5.74, 6) is -16.2. The molecule has 2 aromatic rings. The van der Waals surface area contributed by atoms with Gasteiger partial charge in [-0.15, -0.1) is 6.58 Å². The number of hydrogen-bond acceptors (Lipinski definition) is 13. The van der Waals surface area contributed by atoms with Gasteiger partial charge in [0.2, 0.25) is 65.0 Å². The lowest BCUT2D eigenvalue weighted by atomic mass is 9.74. The van der Waals surface area contributed by atoms with Crippen molar-refractivity contribution in [1.82, 2.24) is 55.1 Å². The van der Waals surface area contributed by atoms with Crippen LogP contribution in [0.4, 0.5) is 35.1 Å². The number of carboxylic acid groups (broad SMARTS) is 1. The molecule has 105 heavy (non-hydrogen) atoms. The molecule has 2 bridgehead atoms. The molecule has 1 spiro atoms. The fourth-order valence-electron chi connectivity index (χ4n) is 14.7. The number of hydrogen-bond donors (Lipinski definition) is 4. The summed E-state index contributed by atoms with van der Waals surface area (Å²) in [6, 6.07) is -8.00. The Labute approximate surface area is 603 Å². The summed E-state index contributed by atoms with van der Waals surface area (Å²) in [5.41, 5.74) is -5.32. The fourth-order valence-corrected chi connectivity index (χ4v) is 14.7. The maximum atomic E-state index is 15.4. The van der Waals surface area contributed by atoms with Crippen LogP contribution in [0.3, 0.4) is 0 Å². The summed E-state index contributed by atoms with van der Waals surface area (Å²) >= 11 is 0. The minimum Gasteiger partial charge on any atom is -0.480 e. The van der Waals surface area contributed by atoms with Crippen molar-refractivity contribution in [2.24, 2.45) is 11.8 Å². The van der Waals surface area contributed by atoms with Gasteiger partial charge in [-0.3, -0.25) is 52.7 Å². The van der Waals surface area contributed by atoms with Crippen LogP contribution in [0.25, 0.3) is 0 Å². The van der Waals surface area contributed by atoms with Crippen molar-refractivity contribution in [3.05, 3.63) is 95.1 Å². The van der Waals surface area contributed by atoms with Gasteiger partial charge in [0.15, 0.2) is 0 Å². The molecule has 4 N–H and O–H groups in total. The number of carboxylic acids is 1. The molecule has 6 aliphatic rings. The van der Waals surface area contributed by atoms with E-state index in [4.69, 9.17) is 4.74 Å². The first-order valence-corrected chi connectivity index (χ1v) is 35.3. The zero-order valence-corrected chi connectivity index (χ0v) is 59.9. The molecular formula is C72H93F8N11O14. The van der Waals surface area contributed by atoms with Crippen LogP contribution in [-0.2, 0) is 87.5 Å². The molecule has 3 aliphatic heterocycles. The molecule has 2 aromatic carbocycles. The molecule has 0 unspecified atom stereocenters. The second-order valence-electron chi connectivity index (χ2n) is 28.4. The number of aliphatic carboxylic acids is 1. The monoisotopic (exact) mass is 1490 g/mol. The van der Waals surface area contributed by atoms with Gasteiger partial charge in [-0.25, -0.2) is 13.6 Å². The van der Waals surface area contributed by atoms with E-state index >= 15 is 37.5 Å². The predicted molar refractivity (Wildman–Crippen MR) is 361 cm³/mol. The van der Waals surface area contributed by atoms with E-state index in [0.717, 1.165) is 70.5 Å². The van der Waals surface area contributed by atoms with Crippen LogP contribution in [0, 0.1) is 23.5 Å². The number of ether oxygens (including phenoxy) is 1. The van der Waals surface area contributed by atoms with Gasteiger partial charge in [0.05, 0.1) is 31.2 Å². The summed E-state index contributed by atoms with van der Waals surface area (Å²) in [7, 11) is 7.41. The highest BCUT2D eigenvalue weighted by molar-refractivity contribution is 6.01. The lowest BCUT2D eigenvalue weighted by Crippen LogP contribution is -2.68. The molecule has 9 atom stereocenters. The predicted octanol–water partition coefficient (Wildman–Crippen LogP) is 5.02. The van der Waals surface area contributed by atoms with Gasteiger partial charge in [0.25, 0.3) is 0 Å². The van der Waals surface area contributed by atoms with Crippen molar-refractivity contribution in [3.63, 3.8) is 0 Å². The summed E-state index contributed by atoms with van der Waals surface area (Å²) in [4.78, 5) is 185. The van der Waals surface area contributed by atoms with Crippen molar-refractivity contribution >= 4 is 70.9 Å². The Morgan fingerprint density at radius 2 is 1.31 bits per heavy atom. The topological polar surface area (TPSA) is 296 Å². The number of likely N-dealkylation sites (N-methyl/N-ethyl adjacent to an activating group) is 6. The van der Waals surface area contributed by atoms with Crippen molar-refractivity contribution in [1.29, 1.82) is 0 Å². The lowest BCUT2D eigenvalue weighted by molar-refractivity contribution is -0.159. The summed E-state index contributed by atoms with van der Waals surface area (Å²) in [6.45, 7) is 3.09. The Bertz CT molecular complexity index is 3620. The SMILES string of the molecule is C=CC[C@@H]1NC(=O)[C@H](CC2CC2)N(C)C(=O)C[C@@H](C(=O)O)N(C)C(=O)[C@H](C2CCCC2)N(C)C(=O)C2(CCC2)NC(=O)[C@@H]2C[C@@H](OCC)CN2C(=O)[C@H](CCc2cc(F)c(C(F)(F)F)c(F)c2)NC(=O)CN(C)C(=O)[C@H](Cc2ccc(C(F)(F)F)cc2)N2CC/C=C\C[C@H](C2=O)N(C)C(=O)CN(C)C1=O. The largest absolute Gasteiger partial charge is 0.480 e. The molecule has 576 valence electrons. The summed E-state index contributed by atoms with van der Waals surface area (Å²) < 4.78 is 119. The maximum absolute atomic E-state index is 15.4. The fraction of sp³-hybridized carbons (Fsp3) is 0.611. The number of nitrogens with zero attached hydrogens (tertiary/aromatic N) is 8. The Hall–Kier alpha value is -9.04. The molecule has 2 saturated heterocycles. The minimum absolute atomic E-state index is 0.00288. The number of aryl methyl sites for hydroxylation is 1. The van der Waals surface area contributed by atoms with Gasteiger partial charge < -0.3 is 65.0 Å². The molecular weight excluding hydrogens is 1390 g/mol. The van der Waals surface area contributed by atoms with Crippen molar-refractivity contribution in [2.75, 3.05) is 75.1 Å². The molecule has 25 nitrogen and oxygen atoms in total. The minimum atomic E-state index is -5.46. The molecule has 0 aromatic heterocycles. The van der Waals surface area contributed by atoms with Crippen molar-refractivity contribution in [3.8, 4) is 0 Å². The number of carbonyl (C=O) groups excluding carboxylic acids is 11. The van der Waals surface area contributed by atoms with Crippen LogP contribution in [-0.4, -0.2) is 250 Å². The number of rotatable bonds is 13. The normalized spacial score (nSPS) is 26.8. The standard InChI is InChI=1S/C72H93F8N11O14/c1-9-17-49-63(97)85(4)40-58(94)86(5)51-20-12-11-15-31-90(66(51)100)54(35-42-23-26-45(27-24-42)71(75,76)77)65(99)84(3)39-56(92)81-50(28-25-43-32-47(73)59(48(74)33-43)72(78,79)80)64(98)91-38-46(105-10-2)36-53(91)62(96)83-70(29-16-30-70)69(104)89(8)60(44-18-13-14-19-44)67(101)88(7)55(68(102)103)37-57(93)87(6)52(61(95)82-49)34-41-21-22-41/h9,11-12,23-24,26-27,32-33,41,44,46,49-55,60H,1,10,13-22,25,28-31,34-40H2,2-8H3,(H,81,92)(H,82,95)(H,83,96)(H,102,103)/b12-11-/t46-,49+,50+,51-,52+,53+,54+,55+,60+/m1/s1. The van der Waals surface area contributed by atoms with Crippen LogP contribution in [0.1, 0.15) is 132 Å². The van der Waals surface area contributed by atoms with Gasteiger partial charge >= 0.3 is 18.3 Å². The smallest absolute Gasteiger partial charge is 0.422 e. The maximum Gasteiger partial charge on any atom is 0.422 e. The Balaban J connectivity index is 1.20. The second kappa shape index (κ2) is 34.5. The molecule has 8 rings (SSSR count). The molecule has 3 heterocycles. The number of nitrogens with one attached hydrogen (secondary N) is 3. The molecule has 5 fully saturated rings. The number of fused-ring (bicyclic) bond motifs is 3. The van der Waals surface area contributed by atoms with E-state index in [1.54, 1.807) is 19.1 Å². The van der Waals surface area contributed by atoms with E-state index in [1.807, 2.05) is 0 Å².